The lowest BCUT2D eigenvalue weighted by Gasteiger charge is -2.38. The van der Waals surface area contributed by atoms with Gasteiger partial charge in [0.25, 0.3) is 15.9 Å². The molecule has 0 bridgehead atoms. The highest BCUT2D eigenvalue weighted by molar-refractivity contribution is 7.89. The number of rotatable bonds is 16. The van der Waals surface area contributed by atoms with Crippen molar-refractivity contribution in [3.8, 4) is 0 Å². The molecule has 4 fully saturated rings. The summed E-state index contributed by atoms with van der Waals surface area (Å²) in [6.07, 6.45) is 10.4. The summed E-state index contributed by atoms with van der Waals surface area (Å²) < 4.78 is 27.8. The fourth-order valence-corrected chi connectivity index (χ4v) is 9.80. The Morgan fingerprint density at radius 2 is 1.71 bits per heavy atom. The van der Waals surface area contributed by atoms with Gasteiger partial charge in [0, 0.05) is 38.9 Å². The zero-order valence-corrected chi connectivity index (χ0v) is 34.1. The number of piperidine rings is 1. The van der Waals surface area contributed by atoms with Gasteiger partial charge in [0.05, 0.1) is 6.04 Å². The first kappa shape index (κ1) is 42.3. The summed E-state index contributed by atoms with van der Waals surface area (Å²) in [5, 5.41) is 11.3. The molecule has 1 aromatic heterocycles. The first-order valence-corrected chi connectivity index (χ1v) is 21.3. The van der Waals surface area contributed by atoms with Crippen molar-refractivity contribution in [3.05, 3.63) is 37.1 Å². The molecule has 5 rings (SSSR count). The van der Waals surface area contributed by atoms with Crippen LogP contribution in [0.2, 0.25) is 0 Å². The van der Waals surface area contributed by atoms with Crippen LogP contribution in [0.5, 0.6) is 0 Å². The smallest absolute Gasteiger partial charge is 0.315 e. The molecule has 15 heteroatoms. The van der Waals surface area contributed by atoms with Crippen molar-refractivity contribution < 1.29 is 32.4 Å². The molecule has 1 unspecified atom stereocenters. The van der Waals surface area contributed by atoms with Gasteiger partial charge in [-0.25, -0.2) is 18.2 Å². The summed E-state index contributed by atoms with van der Waals surface area (Å²) in [5.74, 6) is -2.33. The molecule has 0 spiro atoms. The second-order valence-corrected chi connectivity index (χ2v) is 19.7. The van der Waals surface area contributed by atoms with Gasteiger partial charge in [-0.3, -0.25) is 19.2 Å². The van der Waals surface area contributed by atoms with Gasteiger partial charge in [-0.15, -0.1) is 6.58 Å². The molecule has 1 aromatic rings. The molecular weight excluding hydrogens is 723 g/mol. The number of ketones is 1. The average molecular weight is 784 g/mol. The van der Waals surface area contributed by atoms with Crippen molar-refractivity contribution in [2.75, 3.05) is 26.7 Å². The predicted molar refractivity (Wildman–Crippen MR) is 208 cm³/mol. The number of carbonyl (C=O) groups is 5. The van der Waals surface area contributed by atoms with E-state index in [-0.39, 0.29) is 53.1 Å². The molecule has 2 heterocycles. The summed E-state index contributed by atoms with van der Waals surface area (Å²) in [7, 11) is -2.50. The van der Waals surface area contributed by atoms with Crippen LogP contribution in [0.4, 0.5) is 4.79 Å². The van der Waals surface area contributed by atoms with E-state index in [1.54, 1.807) is 17.0 Å². The fraction of sp³-hybridized carbons (Fsp3) is 0.700. The lowest BCUT2D eigenvalue weighted by Crippen LogP contribution is -2.62. The Balaban J connectivity index is 1.35. The van der Waals surface area contributed by atoms with Crippen LogP contribution in [0.15, 0.2) is 42.1 Å². The van der Waals surface area contributed by atoms with Crippen molar-refractivity contribution >= 4 is 39.6 Å². The van der Waals surface area contributed by atoms with E-state index in [1.165, 1.54) is 29.7 Å². The van der Waals surface area contributed by atoms with Crippen molar-refractivity contribution in [2.45, 2.75) is 122 Å². The van der Waals surface area contributed by atoms with E-state index in [0.29, 0.717) is 13.0 Å². The molecule has 0 radical (unpaired) electrons. The molecule has 5 amide bonds. The number of likely N-dealkylation sites (N-methyl/N-ethyl adjacent to an activating group) is 1. The molecule has 3 aliphatic carbocycles. The largest absolute Gasteiger partial charge is 0.346 e. The van der Waals surface area contributed by atoms with Crippen molar-refractivity contribution in [3.63, 3.8) is 0 Å². The number of likely N-dealkylation sites (tertiary alicyclic amines) is 1. The minimum atomic E-state index is -3.94. The molecule has 55 heavy (non-hydrogen) atoms. The van der Waals surface area contributed by atoms with Gasteiger partial charge in [-0.2, -0.15) is 4.31 Å². The Bertz CT molecular complexity index is 1700. The van der Waals surface area contributed by atoms with Crippen molar-refractivity contribution in [2.24, 2.45) is 34.5 Å². The number of urea groups is 1. The topological polar surface area (TPSA) is 187 Å². The van der Waals surface area contributed by atoms with Gasteiger partial charge < -0.3 is 26.2 Å². The van der Waals surface area contributed by atoms with Crippen LogP contribution >= 0.6 is 0 Å². The van der Waals surface area contributed by atoms with E-state index in [1.807, 2.05) is 20.8 Å². The predicted octanol–water partition coefficient (Wildman–Crippen LogP) is 3.39. The molecule has 1 aliphatic heterocycles. The van der Waals surface area contributed by atoms with Crippen LogP contribution in [0.3, 0.4) is 0 Å². The zero-order chi connectivity index (χ0) is 40.3. The van der Waals surface area contributed by atoms with E-state index < -0.39 is 63.2 Å². The Labute approximate surface area is 326 Å². The molecule has 1 saturated heterocycles. The Morgan fingerprint density at radius 1 is 1.02 bits per heavy atom. The molecule has 14 nitrogen and oxygen atoms in total. The first-order valence-electron chi connectivity index (χ1n) is 19.9. The lowest BCUT2D eigenvalue weighted by atomic mass is 9.80. The number of carbonyl (C=O) groups excluding carboxylic acids is 5. The molecule has 0 aromatic carbocycles. The molecule has 304 valence electrons. The number of hydrogen-bond acceptors (Lipinski definition) is 8. The molecule has 6 atom stereocenters. The van der Waals surface area contributed by atoms with E-state index >= 15 is 0 Å². The van der Waals surface area contributed by atoms with Gasteiger partial charge in [-0.05, 0) is 65.9 Å². The quantitative estimate of drug-likeness (QED) is 0.145. The maximum absolute atomic E-state index is 14.8. The standard InChI is InChI=1S/C40H61N7O7S/c1-8-20-42-36(50)34(48)28(22-25-15-14-16-25)43-35(49)33-31-27(40(31,5)6)23-47(33)37(51)32(26-17-10-9-11-18-26)45-38(52)44-29(39(2,3)4)24-46(7)55(53,54)30-19-12-13-21-41-30/h8,12-13,19,21,25-29,31-33H,1,9-11,14-18,20,22-24H2,2-7H3,(H,42,50)(H,43,49)(H2,44,45,52)/t27-,28?,29+,31-,32-,33-/m0/s1. The third-order valence-corrected chi connectivity index (χ3v) is 14.3. The third-order valence-electron chi connectivity index (χ3n) is 12.6. The second-order valence-electron chi connectivity index (χ2n) is 17.7. The van der Waals surface area contributed by atoms with Crippen LogP contribution < -0.4 is 21.3 Å². The Kier molecular flexibility index (Phi) is 13.2. The van der Waals surface area contributed by atoms with Crippen LogP contribution in [0.1, 0.15) is 92.4 Å². The van der Waals surface area contributed by atoms with Crippen molar-refractivity contribution in [1.29, 1.82) is 0 Å². The molecule has 4 N–H and O–H groups in total. The van der Waals surface area contributed by atoms with E-state index in [4.69, 9.17) is 0 Å². The van der Waals surface area contributed by atoms with Gasteiger partial charge in [0.2, 0.25) is 17.6 Å². The highest BCUT2D eigenvalue weighted by Crippen LogP contribution is 2.65. The maximum Gasteiger partial charge on any atom is 0.315 e. The fourth-order valence-electron chi connectivity index (χ4n) is 8.69. The number of nitrogens with one attached hydrogen (secondary N) is 4. The van der Waals surface area contributed by atoms with E-state index in [0.717, 1.165) is 51.4 Å². The highest BCUT2D eigenvalue weighted by Gasteiger charge is 2.69. The minimum Gasteiger partial charge on any atom is -0.346 e. The Morgan fingerprint density at radius 3 is 2.29 bits per heavy atom. The average Bonchev–Trinajstić information content (AvgIpc) is 3.42. The van der Waals surface area contributed by atoms with Crippen LogP contribution in [0, 0.1) is 34.5 Å². The summed E-state index contributed by atoms with van der Waals surface area (Å²) in [6.45, 7) is 13.9. The third kappa shape index (κ3) is 9.58. The van der Waals surface area contributed by atoms with Crippen LogP contribution in [0.25, 0.3) is 0 Å². The Hall–Kier alpha value is -3.85. The van der Waals surface area contributed by atoms with Crippen LogP contribution in [-0.2, 0) is 29.2 Å². The number of Topliss-reactive ketones (excluding diaryl/α,β-unsaturated/α-hetero) is 1. The first-order chi connectivity index (χ1) is 25.9. The zero-order valence-electron chi connectivity index (χ0n) is 33.3. The molecule has 3 saturated carbocycles. The van der Waals surface area contributed by atoms with E-state index in [2.05, 4.69) is 46.7 Å². The number of aromatic nitrogens is 1. The summed E-state index contributed by atoms with van der Waals surface area (Å²) in [5.41, 5.74) is -0.781. The van der Waals surface area contributed by atoms with Gasteiger partial charge in [0.15, 0.2) is 5.03 Å². The van der Waals surface area contributed by atoms with Crippen molar-refractivity contribution in [1.82, 2.24) is 35.5 Å². The van der Waals surface area contributed by atoms with E-state index in [9.17, 15) is 32.4 Å². The summed E-state index contributed by atoms with van der Waals surface area (Å²) in [4.78, 5) is 74.7. The number of fused-ring (bicyclic) bond motifs is 1. The monoisotopic (exact) mass is 783 g/mol. The molecule has 4 aliphatic rings. The molecular formula is C40H61N7O7S. The number of pyridine rings is 1. The van der Waals surface area contributed by atoms with Gasteiger partial charge >= 0.3 is 6.03 Å². The van der Waals surface area contributed by atoms with Gasteiger partial charge in [0.1, 0.15) is 12.1 Å². The number of sulfonamides is 1. The summed E-state index contributed by atoms with van der Waals surface area (Å²) in [6, 6.07) is 0.581. The normalized spacial score (nSPS) is 24.1. The lowest BCUT2D eigenvalue weighted by molar-refractivity contribution is -0.145. The number of hydrogen-bond donors (Lipinski definition) is 4. The number of amides is 5. The summed E-state index contributed by atoms with van der Waals surface area (Å²) >= 11 is 0. The second kappa shape index (κ2) is 17.1. The van der Waals surface area contributed by atoms with Crippen LogP contribution in [-0.4, -0.2) is 103 Å². The SMILES string of the molecule is C=CCNC(=O)C(=O)C(CC1CCC1)NC(=O)[C@@H]1[C@@H]2[C@H](CN1C(=O)[C@@H](NC(=O)N[C@H](CN(C)S(=O)(=O)c1ccccn1)C(C)(C)C)C1CCCCC1)C2(C)C. The number of nitrogens with zero attached hydrogens (tertiary/aromatic N) is 3. The van der Waals surface area contributed by atoms with Gasteiger partial charge in [-0.1, -0.05) is 85.3 Å². The highest BCUT2D eigenvalue weighted by atomic mass is 32.2. The minimum absolute atomic E-state index is 0.0446. The maximum atomic E-state index is 14.8.